The third-order valence-corrected chi connectivity index (χ3v) is 5.85. The summed E-state index contributed by atoms with van der Waals surface area (Å²) in [6.45, 7) is 2.48. The first-order chi connectivity index (χ1) is 9.37. The van der Waals surface area contributed by atoms with E-state index in [-0.39, 0.29) is 17.0 Å². The third kappa shape index (κ3) is 2.83. The van der Waals surface area contributed by atoms with Gasteiger partial charge < -0.3 is 10.1 Å². The molecular formula is C12H18BrN3O3S. The molecule has 0 saturated carbocycles. The van der Waals surface area contributed by atoms with Gasteiger partial charge in [-0.05, 0) is 35.3 Å². The number of likely N-dealkylation sites (N-methyl/N-ethyl adjacent to an activating group) is 1. The second-order valence-corrected chi connectivity index (χ2v) is 7.59. The summed E-state index contributed by atoms with van der Waals surface area (Å²) in [6, 6.07) is 1.41. The van der Waals surface area contributed by atoms with E-state index in [1.807, 2.05) is 6.92 Å². The molecule has 2 atom stereocenters. The number of hydrogen-bond acceptors (Lipinski definition) is 5. The highest BCUT2D eigenvalue weighted by Gasteiger charge is 2.36. The molecule has 1 aromatic rings. The van der Waals surface area contributed by atoms with Crippen LogP contribution in [0.5, 0.6) is 0 Å². The predicted octanol–water partition coefficient (Wildman–Crippen LogP) is 1.68. The quantitative estimate of drug-likeness (QED) is 0.880. The number of sulfonamides is 1. The molecule has 0 spiro atoms. The van der Waals surface area contributed by atoms with Gasteiger partial charge in [-0.1, -0.05) is 0 Å². The Hall–Kier alpha value is -0.700. The van der Waals surface area contributed by atoms with Gasteiger partial charge in [0.2, 0.25) is 10.0 Å². The molecule has 20 heavy (non-hydrogen) atoms. The molecule has 1 aliphatic rings. The zero-order valence-corrected chi connectivity index (χ0v) is 14.0. The van der Waals surface area contributed by atoms with Crippen LogP contribution in [0.3, 0.4) is 0 Å². The summed E-state index contributed by atoms with van der Waals surface area (Å²) in [5.41, 5.74) is 0. The van der Waals surface area contributed by atoms with Crippen LogP contribution in [0.15, 0.2) is 21.6 Å². The maximum absolute atomic E-state index is 12.8. The van der Waals surface area contributed by atoms with Crippen molar-refractivity contribution in [1.29, 1.82) is 0 Å². The zero-order chi connectivity index (χ0) is 14.9. The molecule has 0 aromatic carbocycles. The van der Waals surface area contributed by atoms with E-state index in [2.05, 4.69) is 26.2 Å². The Kier molecular flexibility index (Phi) is 4.68. The SMILES string of the molecule is CNc1ncc(Br)cc1S(=O)(=O)N(C)C1CCOC1C. The Balaban J connectivity index is 2.42. The predicted molar refractivity (Wildman–Crippen MR) is 80.3 cm³/mol. The van der Waals surface area contributed by atoms with E-state index < -0.39 is 10.0 Å². The van der Waals surface area contributed by atoms with Crippen LogP contribution >= 0.6 is 15.9 Å². The van der Waals surface area contributed by atoms with Gasteiger partial charge in [0.1, 0.15) is 10.7 Å². The summed E-state index contributed by atoms with van der Waals surface area (Å²) < 4.78 is 33.0. The monoisotopic (exact) mass is 363 g/mol. The minimum absolute atomic E-state index is 0.104. The summed E-state index contributed by atoms with van der Waals surface area (Å²) in [6.07, 6.45) is 2.16. The maximum Gasteiger partial charge on any atom is 0.246 e. The van der Waals surface area contributed by atoms with Crippen molar-refractivity contribution < 1.29 is 13.2 Å². The fourth-order valence-corrected chi connectivity index (χ4v) is 4.44. The van der Waals surface area contributed by atoms with E-state index in [0.29, 0.717) is 23.3 Å². The Labute approximate surface area is 127 Å². The summed E-state index contributed by atoms with van der Waals surface area (Å²) >= 11 is 3.26. The van der Waals surface area contributed by atoms with E-state index in [4.69, 9.17) is 4.74 Å². The van der Waals surface area contributed by atoms with Crippen LogP contribution in [0, 0.1) is 0 Å². The molecule has 1 saturated heterocycles. The van der Waals surface area contributed by atoms with E-state index in [1.54, 1.807) is 26.4 Å². The number of hydrogen-bond donors (Lipinski definition) is 1. The van der Waals surface area contributed by atoms with Crippen molar-refractivity contribution in [3.8, 4) is 0 Å². The molecule has 8 heteroatoms. The first-order valence-electron chi connectivity index (χ1n) is 6.31. The number of aromatic nitrogens is 1. The van der Waals surface area contributed by atoms with Crippen molar-refractivity contribution in [3.63, 3.8) is 0 Å². The number of nitrogens with one attached hydrogen (secondary N) is 1. The number of ether oxygens (including phenoxy) is 1. The summed E-state index contributed by atoms with van der Waals surface area (Å²) in [7, 11) is -0.384. The van der Waals surface area contributed by atoms with Crippen LogP contribution in [0.25, 0.3) is 0 Å². The standard InChI is InChI=1S/C12H18BrN3O3S/c1-8-10(4-5-19-8)16(3)20(17,18)11-6-9(13)7-15-12(11)14-2/h6-8,10H,4-5H2,1-3H3,(H,14,15). The van der Waals surface area contributed by atoms with Crippen LogP contribution < -0.4 is 5.32 Å². The van der Waals surface area contributed by atoms with Crippen molar-refractivity contribution in [3.05, 3.63) is 16.7 Å². The van der Waals surface area contributed by atoms with Crippen molar-refractivity contribution in [1.82, 2.24) is 9.29 Å². The average molecular weight is 364 g/mol. The van der Waals surface area contributed by atoms with Gasteiger partial charge in [0.15, 0.2) is 0 Å². The second-order valence-electron chi connectivity index (χ2n) is 4.70. The van der Waals surface area contributed by atoms with Crippen molar-refractivity contribution in [2.45, 2.75) is 30.4 Å². The normalized spacial score (nSPS) is 23.2. The molecule has 6 nitrogen and oxygen atoms in total. The van der Waals surface area contributed by atoms with E-state index >= 15 is 0 Å². The topological polar surface area (TPSA) is 71.5 Å². The minimum Gasteiger partial charge on any atom is -0.377 e. The van der Waals surface area contributed by atoms with Crippen LogP contribution in [0.4, 0.5) is 5.82 Å². The number of rotatable bonds is 4. The second kappa shape index (κ2) is 5.97. The maximum atomic E-state index is 12.8. The molecule has 0 aliphatic carbocycles. The van der Waals surface area contributed by atoms with Gasteiger partial charge in [-0.3, -0.25) is 0 Å². The largest absolute Gasteiger partial charge is 0.377 e. The van der Waals surface area contributed by atoms with Gasteiger partial charge in [-0.25, -0.2) is 13.4 Å². The van der Waals surface area contributed by atoms with Crippen LogP contribution in [-0.4, -0.2) is 50.6 Å². The molecular weight excluding hydrogens is 346 g/mol. The lowest BCUT2D eigenvalue weighted by Gasteiger charge is -2.26. The van der Waals surface area contributed by atoms with Crippen molar-refractivity contribution >= 4 is 31.8 Å². The van der Waals surface area contributed by atoms with Gasteiger partial charge >= 0.3 is 0 Å². The number of anilines is 1. The molecule has 0 bridgehead atoms. The number of pyridine rings is 1. The van der Waals surface area contributed by atoms with Crippen LogP contribution in [-0.2, 0) is 14.8 Å². The summed E-state index contributed by atoms with van der Waals surface area (Å²) in [4.78, 5) is 4.26. The molecule has 2 heterocycles. The number of nitrogens with zero attached hydrogens (tertiary/aromatic N) is 2. The molecule has 112 valence electrons. The molecule has 2 rings (SSSR count). The minimum atomic E-state index is -3.62. The Morgan fingerprint density at radius 2 is 2.25 bits per heavy atom. The molecule has 1 aromatic heterocycles. The highest BCUT2D eigenvalue weighted by molar-refractivity contribution is 9.10. The smallest absolute Gasteiger partial charge is 0.246 e. The molecule has 0 amide bonds. The highest BCUT2D eigenvalue weighted by Crippen LogP contribution is 2.29. The average Bonchev–Trinajstić information content (AvgIpc) is 2.83. The van der Waals surface area contributed by atoms with Gasteiger partial charge in [0.25, 0.3) is 0 Å². The Morgan fingerprint density at radius 3 is 2.80 bits per heavy atom. The first kappa shape index (κ1) is 15.7. The number of halogens is 1. The Bertz CT molecular complexity index is 594. The summed E-state index contributed by atoms with van der Waals surface area (Å²) in [5, 5.41) is 2.82. The van der Waals surface area contributed by atoms with E-state index in [1.165, 1.54) is 4.31 Å². The van der Waals surface area contributed by atoms with Gasteiger partial charge in [0.05, 0.1) is 12.1 Å². The van der Waals surface area contributed by atoms with Crippen molar-refractivity contribution in [2.75, 3.05) is 26.0 Å². The van der Waals surface area contributed by atoms with E-state index in [9.17, 15) is 8.42 Å². The Morgan fingerprint density at radius 1 is 1.55 bits per heavy atom. The van der Waals surface area contributed by atoms with Gasteiger partial charge in [-0.2, -0.15) is 4.31 Å². The third-order valence-electron chi connectivity index (χ3n) is 3.52. The fraction of sp³-hybridized carbons (Fsp3) is 0.583. The first-order valence-corrected chi connectivity index (χ1v) is 8.54. The lowest BCUT2D eigenvalue weighted by molar-refractivity contribution is 0.102. The lowest BCUT2D eigenvalue weighted by atomic mass is 10.2. The molecule has 1 aliphatic heterocycles. The molecule has 1 fully saturated rings. The van der Waals surface area contributed by atoms with E-state index in [0.717, 1.165) is 0 Å². The highest BCUT2D eigenvalue weighted by atomic mass is 79.9. The molecule has 0 radical (unpaired) electrons. The zero-order valence-electron chi connectivity index (χ0n) is 11.6. The molecule has 1 N–H and O–H groups in total. The van der Waals surface area contributed by atoms with Gasteiger partial charge in [-0.15, -0.1) is 0 Å². The fourth-order valence-electron chi connectivity index (χ4n) is 2.34. The van der Waals surface area contributed by atoms with Gasteiger partial charge in [0, 0.05) is 31.4 Å². The summed E-state index contributed by atoms with van der Waals surface area (Å²) in [5.74, 6) is 0.339. The van der Waals surface area contributed by atoms with Crippen LogP contribution in [0.2, 0.25) is 0 Å². The van der Waals surface area contributed by atoms with Crippen molar-refractivity contribution in [2.24, 2.45) is 0 Å². The lowest BCUT2D eigenvalue weighted by Crippen LogP contribution is -2.41. The van der Waals surface area contributed by atoms with Crippen LogP contribution in [0.1, 0.15) is 13.3 Å². The molecule has 2 unspecified atom stereocenters.